The van der Waals surface area contributed by atoms with Crippen molar-refractivity contribution in [2.45, 2.75) is 32.2 Å². The van der Waals surface area contributed by atoms with Crippen LogP contribution >= 0.6 is 11.3 Å². The Morgan fingerprint density at radius 3 is 2.76 bits per heavy atom. The fourth-order valence-corrected chi connectivity index (χ4v) is 2.87. The molecule has 0 bridgehead atoms. The first-order chi connectivity index (χ1) is 10.2. The molecule has 0 aliphatic rings. The van der Waals surface area contributed by atoms with Gasteiger partial charge in [0.15, 0.2) is 0 Å². The molecular weight excluding hydrogens is 284 g/mol. The smallest absolute Gasteiger partial charge is 0.263 e. The minimum Gasteiger partial charge on any atom is -0.396 e. The highest BCUT2D eigenvalue weighted by molar-refractivity contribution is 7.13. The third-order valence-corrected chi connectivity index (χ3v) is 4.38. The molecule has 0 spiro atoms. The number of thiazole rings is 1. The predicted molar refractivity (Wildman–Crippen MR) is 84.5 cm³/mol. The molecule has 0 aliphatic heterocycles. The molecule has 0 fully saturated rings. The van der Waals surface area contributed by atoms with Gasteiger partial charge in [0.05, 0.1) is 17.2 Å². The van der Waals surface area contributed by atoms with Crippen LogP contribution in [-0.2, 0) is 6.42 Å². The summed E-state index contributed by atoms with van der Waals surface area (Å²) in [4.78, 5) is 17.2. The number of aliphatic hydroxyl groups excluding tert-OH is 1. The van der Waals surface area contributed by atoms with Crippen molar-refractivity contribution in [1.82, 2.24) is 10.3 Å². The van der Waals surface area contributed by atoms with E-state index in [2.05, 4.69) is 10.3 Å². The van der Waals surface area contributed by atoms with Gasteiger partial charge in [0.2, 0.25) is 0 Å². The van der Waals surface area contributed by atoms with Crippen molar-refractivity contribution in [1.29, 1.82) is 0 Å². The molecule has 2 N–H and O–H groups in total. The third kappa shape index (κ3) is 4.37. The molecular formula is C16H20N2O2S. The maximum atomic E-state index is 12.3. The number of aliphatic hydroxyl groups is 1. The SMILES string of the molecule is CCc1ncc(C(=O)NC(CCCO)c2ccccc2)s1. The summed E-state index contributed by atoms with van der Waals surface area (Å²) in [6, 6.07) is 9.76. The number of aryl methyl sites for hydroxylation is 1. The second-order valence-corrected chi connectivity index (χ2v) is 5.89. The zero-order valence-electron chi connectivity index (χ0n) is 12.1. The van der Waals surface area contributed by atoms with Crippen LogP contribution in [0, 0.1) is 0 Å². The van der Waals surface area contributed by atoms with E-state index in [0.717, 1.165) is 17.0 Å². The summed E-state index contributed by atoms with van der Waals surface area (Å²) in [7, 11) is 0. The van der Waals surface area contributed by atoms with E-state index in [4.69, 9.17) is 5.11 Å². The molecule has 0 radical (unpaired) electrons. The van der Waals surface area contributed by atoms with Gasteiger partial charge in [0.25, 0.3) is 5.91 Å². The number of nitrogens with zero attached hydrogens (tertiary/aromatic N) is 1. The van der Waals surface area contributed by atoms with Crippen LogP contribution in [0.1, 0.15) is 46.0 Å². The Labute approximate surface area is 128 Å². The van der Waals surface area contributed by atoms with Crippen molar-refractivity contribution in [3.63, 3.8) is 0 Å². The summed E-state index contributed by atoms with van der Waals surface area (Å²) >= 11 is 1.43. The molecule has 2 aromatic rings. The largest absolute Gasteiger partial charge is 0.396 e. The van der Waals surface area contributed by atoms with E-state index in [0.29, 0.717) is 17.7 Å². The van der Waals surface area contributed by atoms with Crippen LogP contribution in [0.4, 0.5) is 0 Å². The van der Waals surface area contributed by atoms with E-state index in [-0.39, 0.29) is 18.6 Å². The van der Waals surface area contributed by atoms with Gasteiger partial charge in [-0.2, -0.15) is 0 Å². The lowest BCUT2D eigenvalue weighted by atomic mass is 10.0. The normalized spacial score (nSPS) is 12.1. The fourth-order valence-electron chi connectivity index (χ4n) is 2.11. The summed E-state index contributed by atoms with van der Waals surface area (Å²) in [6.07, 6.45) is 3.84. The molecule has 2 rings (SSSR count). The van der Waals surface area contributed by atoms with Gasteiger partial charge in [-0.3, -0.25) is 4.79 Å². The highest BCUT2D eigenvalue weighted by Gasteiger charge is 2.17. The van der Waals surface area contributed by atoms with E-state index < -0.39 is 0 Å². The maximum Gasteiger partial charge on any atom is 0.263 e. The Hall–Kier alpha value is -1.72. The van der Waals surface area contributed by atoms with Crippen LogP contribution in [-0.4, -0.2) is 22.6 Å². The van der Waals surface area contributed by atoms with Crippen molar-refractivity contribution in [3.05, 3.63) is 52.0 Å². The topological polar surface area (TPSA) is 62.2 Å². The lowest BCUT2D eigenvalue weighted by molar-refractivity contribution is 0.0936. The van der Waals surface area contributed by atoms with Gasteiger partial charge in [-0.25, -0.2) is 4.98 Å². The van der Waals surface area contributed by atoms with Crippen molar-refractivity contribution in [2.75, 3.05) is 6.61 Å². The molecule has 1 unspecified atom stereocenters. The van der Waals surface area contributed by atoms with Crippen LogP contribution in [0.3, 0.4) is 0 Å². The first kappa shape index (κ1) is 15.7. The standard InChI is InChI=1S/C16H20N2O2S/c1-2-15-17-11-14(21-15)16(20)18-13(9-6-10-19)12-7-4-3-5-8-12/h3-5,7-8,11,13,19H,2,6,9-10H2,1H3,(H,18,20). The zero-order chi connectivity index (χ0) is 15.1. The molecule has 1 aromatic carbocycles. The molecule has 4 nitrogen and oxygen atoms in total. The van der Waals surface area contributed by atoms with Gasteiger partial charge >= 0.3 is 0 Å². The Balaban J connectivity index is 2.09. The van der Waals surface area contributed by atoms with Crippen molar-refractivity contribution in [3.8, 4) is 0 Å². The summed E-state index contributed by atoms with van der Waals surface area (Å²) in [5.74, 6) is -0.0982. The first-order valence-corrected chi connectivity index (χ1v) is 7.97. The average molecular weight is 304 g/mol. The van der Waals surface area contributed by atoms with Crippen LogP contribution in [0.2, 0.25) is 0 Å². The summed E-state index contributed by atoms with van der Waals surface area (Å²) in [5, 5.41) is 13.0. The lowest BCUT2D eigenvalue weighted by Gasteiger charge is -2.18. The molecule has 21 heavy (non-hydrogen) atoms. The number of amides is 1. The predicted octanol–water partition coefficient (Wildman–Crippen LogP) is 2.95. The Bertz CT molecular complexity index is 569. The van der Waals surface area contributed by atoms with Gasteiger partial charge in [0.1, 0.15) is 4.88 Å². The summed E-state index contributed by atoms with van der Waals surface area (Å²) in [5.41, 5.74) is 1.06. The highest BCUT2D eigenvalue weighted by Crippen LogP contribution is 2.20. The van der Waals surface area contributed by atoms with Crippen LogP contribution in [0.5, 0.6) is 0 Å². The van der Waals surface area contributed by atoms with Crippen molar-refractivity contribution >= 4 is 17.2 Å². The molecule has 112 valence electrons. The molecule has 1 amide bonds. The highest BCUT2D eigenvalue weighted by atomic mass is 32.1. The lowest BCUT2D eigenvalue weighted by Crippen LogP contribution is -2.28. The van der Waals surface area contributed by atoms with E-state index in [1.807, 2.05) is 37.3 Å². The van der Waals surface area contributed by atoms with E-state index in [9.17, 15) is 4.79 Å². The van der Waals surface area contributed by atoms with Crippen LogP contribution in [0.15, 0.2) is 36.5 Å². The quantitative estimate of drug-likeness (QED) is 0.826. The number of benzene rings is 1. The van der Waals surface area contributed by atoms with Gasteiger partial charge in [-0.1, -0.05) is 37.3 Å². The van der Waals surface area contributed by atoms with E-state index in [1.54, 1.807) is 6.20 Å². The maximum absolute atomic E-state index is 12.3. The molecule has 0 saturated heterocycles. The minimum atomic E-state index is -0.0982. The summed E-state index contributed by atoms with van der Waals surface area (Å²) in [6.45, 7) is 2.15. The summed E-state index contributed by atoms with van der Waals surface area (Å²) < 4.78 is 0. The van der Waals surface area contributed by atoms with Gasteiger partial charge in [0, 0.05) is 6.61 Å². The van der Waals surface area contributed by atoms with E-state index >= 15 is 0 Å². The Kier molecular flexibility index (Phi) is 5.90. The van der Waals surface area contributed by atoms with Gasteiger partial charge < -0.3 is 10.4 Å². The third-order valence-electron chi connectivity index (χ3n) is 3.24. The van der Waals surface area contributed by atoms with Gasteiger partial charge in [-0.05, 0) is 24.8 Å². The number of carbonyl (C=O) groups is 1. The number of hydrogen-bond acceptors (Lipinski definition) is 4. The molecule has 1 aromatic heterocycles. The number of carbonyl (C=O) groups excluding carboxylic acids is 1. The second-order valence-electron chi connectivity index (χ2n) is 4.77. The van der Waals surface area contributed by atoms with Crippen LogP contribution < -0.4 is 5.32 Å². The number of nitrogens with one attached hydrogen (secondary N) is 1. The monoisotopic (exact) mass is 304 g/mol. The fraction of sp³-hybridized carbons (Fsp3) is 0.375. The number of rotatable bonds is 7. The first-order valence-electron chi connectivity index (χ1n) is 7.16. The average Bonchev–Trinajstić information content (AvgIpc) is 3.01. The molecule has 1 heterocycles. The molecule has 0 aliphatic carbocycles. The number of hydrogen-bond donors (Lipinski definition) is 2. The second kappa shape index (κ2) is 7.90. The molecule has 1 atom stereocenters. The molecule has 0 saturated carbocycles. The number of aromatic nitrogens is 1. The zero-order valence-corrected chi connectivity index (χ0v) is 12.9. The van der Waals surface area contributed by atoms with Crippen LogP contribution in [0.25, 0.3) is 0 Å². The van der Waals surface area contributed by atoms with Crippen molar-refractivity contribution in [2.24, 2.45) is 0 Å². The van der Waals surface area contributed by atoms with E-state index in [1.165, 1.54) is 11.3 Å². The van der Waals surface area contributed by atoms with Crippen molar-refractivity contribution < 1.29 is 9.90 Å². The Morgan fingerprint density at radius 1 is 1.38 bits per heavy atom. The molecule has 5 heteroatoms. The minimum absolute atomic E-state index is 0.0852. The Morgan fingerprint density at radius 2 is 2.14 bits per heavy atom. The van der Waals surface area contributed by atoms with Gasteiger partial charge in [-0.15, -0.1) is 11.3 Å².